The Kier molecular flexibility index (Phi) is 4.00. The molecule has 2 heterocycles. The van der Waals surface area contributed by atoms with Gasteiger partial charge in [0, 0.05) is 37.8 Å². The van der Waals surface area contributed by atoms with Crippen LogP contribution in [-0.2, 0) is 4.79 Å². The summed E-state index contributed by atoms with van der Waals surface area (Å²) >= 11 is 0. The zero-order valence-electron chi connectivity index (χ0n) is 13.9. The highest BCUT2D eigenvalue weighted by molar-refractivity contribution is 5.94. The van der Waals surface area contributed by atoms with Gasteiger partial charge in [0.25, 0.3) is 5.91 Å². The molecule has 1 aliphatic heterocycles. The second-order valence-corrected chi connectivity index (χ2v) is 6.89. The maximum absolute atomic E-state index is 12.8. The molecule has 1 aromatic heterocycles. The minimum atomic E-state index is -0.389. The van der Waals surface area contributed by atoms with E-state index in [2.05, 4.69) is 4.98 Å². The fraction of sp³-hybridized carbons (Fsp3) is 0.588. The molecular weight excluding hydrogens is 294 g/mol. The van der Waals surface area contributed by atoms with Gasteiger partial charge in [0.05, 0.1) is 18.2 Å². The minimum absolute atomic E-state index is 0.0522. The maximum atomic E-state index is 12.8. The van der Waals surface area contributed by atoms with Crippen LogP contribution in [-0.4, -0.2) is 58.9 Å². The Morgan fingerprint density at radius 1 is 1.26 bits per heavy atom. The first kappa shape index (κ1) is 15.8. The summed E-state index contributed by atoms with van der Waals surface area (Å²) in [4.78, 5) is 32.9. The van der Waals surface area contributed by atoms with Crippen LogP contribution in [0.3, 0.4) is 0 Å². The molecule has 0 bridgehead atoms. The molecule has 0 spiro atoms. The van der Waals surface area contributed by atoms with Gasteiger partial charge in [-0.1, -0.05) is 0 Å². The third-order valence-electron chi connectivity index (χ3n) is 4.58. The first-order valence-corrected chi connectivity index (χ1v) is 8.03. The fourth-order valence-electron chi connectivity index (χ4n) is 3.09. The van der Waals surface area contributed by atoms with E-state index < -0.39 is 0 Å². The molecule has 1 aliphatic carbocycles. The van der Waals surface area contributed by atoms with Crippen LogP contribution in [0, 0.1) is 5.92 Å². The van der Waals surface area contributed by atoms with E-state index in [1.54, 1.807) is 25.4 Å². The Hall–Kier alpha value is -2.11. The molecule has 0 unspecified atom stereocenters. The summed E-state index contributed by atoms with van der Waals surface area (Å²) in [6.07, 6.45) is 3.56. The first-order chi connectivity index (χ1) is 10.9. The van der Waals surface area contributed by atoms with Crippen LogP contribution >= 0.6 is 0 Å². The predicted molar refractivity (Wildman–Crippen MR) is 85.2 cm³/mol. The van der Waals surface area contributed by atoms with Crippen LogP contribution in [0.4, 0.5) is 0 Å². The van der Waals surface area contributed by atoms with Crippen molar-refractivity contribution >= 4 is 11.8 Å². The van der Waals surface area contributed by atoms with Crippen molar-refractivity contribution in [2.75, 3.05) is 26.7 Å². The lowest BCUT2D eigenvalue weighted by atomic mass is 9.97. The van der Waals surface area contributed by atoms with Gasteiger partial charge in [0.1, 0.15) is 0 Å². The molecule has 1 saturated carbocycles. The van der Waals surface area contributed by atoms with Crippen molar-refractivity contribution in [3.8, 4) is 5.88 Å². The fourth-order valence-corrected chi connectivity index (χ4v) is 3.09. The number of piperazine rings is 1. The van der Waals surface area contributed by atoms with Crippen LogP contribution < -0.4 is 4.74 Å². The predicted octanol–water partition coefficient (Wildman–Crippen LogP) is 1.56. The number of amides is 2. The number of rotatable bonds is 3. The van der Waals surface area contributed by atoms with Gasteiger partial charge < -0.3 is 14.5 Å². The van der Waals surface area contributed by atoms with E-state index in [1.807, 2.05) is 23.6 Å². The number of carbonyl (C=O) groups excluding carboxylic acids is 2. The first-order valence-electron chi connectivity index (χ1n) is 8.03. The van der Waals surface area contributed by atoms with Gasteiger partial charge in [0.2, 0.25) is 11.8 Å². The number of nitrogens with zero attached hydrogens (tertiary/aromatic N) is 3. The second kappa shape index (κ2) is 5.83. The number of ether oxygens (including phenoxy) is 1. The molecule has 6 heteroatoms. The molecule has 0 N–H and O–H groups in total. The van der Waals surface area contributed by atoms with Crippen LogP contribution in [0.1, 0.15) is 37.0 Å². The van der Waals surface area contributed by atoms with E-state index in [1.165, 1.54) is 0 Å². The van der Waals surface area contributed by atoms with Gasteiger partial charge >= 0.3 is 0 Å². The molecule has 23 heavy (non-hydrogen) atoms. The van der Waals surface area contributed by atoms with Gasteiger partial charge in [-0.25, -0.2) is 4.98 Å². The van der Waals surface area contributed by atoms with Crippen molar-refractivity contribution in [2.24, 2.45) is 5.92 Å². The molecule has 124 valence electrons. The number of aromatic nitrogens is 1. The molecule has 2 fully saturated rings. The zero-order valence-corrected chi connectivity index (χ0v) is 13.9. The Labute approximate surface area is 136 Å². The quantitative estimate of drug-likeness (QED) is 0.849. The Bertz CT molecular complexity index is 608. The SMILES string of the molecule is COc1ccc(C(=O)N2CCN(C(=O)C3CC3)CC2(C)C)cn1. The van der Waals surface area contributed by atoms with Crippen LogP contribution in [0.15, 0.2) is 18.3 Å². The standard InChI is InChI=1S/C17H23N3O3/c1-17(2)11-19(15(21)12-4-5-12)8-9-20(17)16(22)13-6-7-14(23-3)18-10-13/h6-7,10,12H,4-5,8-9,11H2,1-3H3. The third-order valence-corrected chi connectivity index (χ3v) is 4.58. The van der Waals surface area contributed by atoms with Crippen molar-refractivity contribution in [1.29, 1.82) is 0 Å². The van der Waals surface area contributed by atoms with Crippen molar-refractivity contribution in [3.05, 3.63) is 23.9 Å². The van der Waals surface area contributed by atoms with E-state index in [9.17, 15) is 9.59 Å². The number of carbonyl (C=O) groups is 2. The highest BCUT2D eigenvalue weighted by Crippen LogP contribution is 2.33. The smallest absolute Gasteiger partial charge is 0.255 e. The molecular formula is C17H23N3O3. The van der Waals surface area contributed by atoms with E-state index in [0.29, 0.717) is 31.1 Å². The number of hydrogen-bond donors (Lipinski definition) is 0. The average molecular weight is 317 g/mol. The lowest BCUT2D eigenvalue weighted by Crippen LogP contribution is -2.62. The van der Waals surface area contributed by atoms with E-state index in [0.717, 1.165) is 12.8 Å². The number of pyridine rings is 1. The van der Waals surface area contributed by atoms with Crippen molar-refractivity contribution in [1.82, 2.24) is 14.8 Å². The number of hydrogen-bond acceptors (Lipinski definition) is 4. The topological polar surface area (TPSA) is 62.7 Å². The van der Waals surface area contributed by atoms with Gasteiger partial charge in [-0.05, 0) is 32.8 Å². The van der Waals surface area contributed by atoms with Crippen molar-refractivity contribution in [3.63, 3.8) is 0 Å². The molecule has 1 aromatic rings. The Morgan fingerprint density at radius 3 is 2.52 bits per heavy atom. The molecule has 1 saturated heterocycles. The molecule has 0 atom stereocenters. The normalized spacial score (nSPS) is 20.3. The summed E-state index contributed by atoms with van der Waals surface area (Å²) in [5, 5.41) is 0. The van der Waals surface area contributed by atoms with E-state index >= 15 is 0 Å². The van der Waals surface area contributed by atoms with Gasteiger partial charge in [-0.2, -0.15) is 0 Å². The molecule has 6 nitrogen and oxygen atoms in total. The second-order valence-electron chi connectivity index (χ2n) is 6.89. The largest absolute Gasteiger partial charge is 0.481 e. The molecule has 2 amide bonds. The van der Waals surface area contributed by atoms with Crippen LogP contribution in [0.2, 0.25) is 0 Å². The molecule has 0 radical (unpaired) electrons. The summed E-state index contributed by atoms with van der Waals surface area (Å²) in [5.41, 5.74) is 0.153. The zero-order chi connectivity index (χ0) is 16.6. The lowest BCUT2D eigenvalue weighted by Gasteiger charge is -2.47. The lowest BCUT2D eigenvalue weighted by molar-refractivity contribution is -0.136. The Morgan fingerprint density at radius 2 is 2.00 bits per heavy atom. The monoisotopic (exact) mass is 317 g/mol. The summed E-state index contributed by atoms with van der Waals surface area (Å²) in [7, 11) is 1.54. The van der Waals surface area contributed by atoms with Crippen LogP contribution in [0.25, 0.3) is 0 Å². The van der Waals surface area contributed by atoms with Crippen molar-refractivity contribution < 1.29 is 14.3 Å². The summed E-state index contributed by atoms with van der Waals surface area (Å²) in [5.74, 6) is 0.902. The highest BCUT2D eigenvalue weighted by Gasteiger charge is 2.42. The van der Waals surface area contributed by atoms with Crippen molar-refractivity contribution in [2.45, 2.75) is 32.2 Å². The minimum Gasteiger partial charge on any atom is -0.481 e. The van der Waals surface area contributed by atoms with E-state index in [-0.39, 0.29) is 23.3 Å². The number of methoxy groups -OCH3 is 1. The highest BCUT2D eigenvalue weighted by atomic mass is 16.5. The van der Waals surface area contributed by atoms with Gasteiger partial charge in [0.15, 0.2) is 0 Å². The van der Waals surface area contributed by atoms with Gasteiger partial charge in [-0.15, -0.1) is 0 Å². The third kappa shape index (κ3) is 3.16. The van der Waals surface area contributed by atoms with E-state index in [4.69, 9.17) is 4.74 Å². The average Bonchev–Trinajstić information content (AvgIpc) is 3.37. The molecule has 3 rings (SSSR count). The van der Waals surface area contributed by atoms with Gasteiger partial charge in [-0.3, -0.25) is 9.59 Å². The summed E-state index contributed by atoms with van der Waals surface area (Å²) in [6, 6.07) is 3.42. The molecule has 2 aliphatic rings. The summed E-state index contributed by atoms with van der Waals surface area (Å²) < 4.78 is 5.02. The molecule has 0 aromatic carbocycles. The van der Waals surface area contributed by atoms with Crippen LogP contribution in [0.5, 0.6) is 5.88 Å². The maximum Gasteiger partial charge on any atom is 0.255 e. The summed E-state index contributed by atoms with van der Waals surface area (Å²) in [6.45, 7) is 5.75. The Balaban J connectivity index is 1.72.